The highest BCUT2D eigenvalue weighted by Crippen LogP contribution is 2.32. The lowest BCUT2D eigenvalue weighted by Crippen LogP contribution is -2.27. The first kappa shape index (κ1) is 14.8. The molecule has 0 saturated heterocycles. The molecule has 0 aliphatic rings. The molecule has 0 atom stereocenters. The van der Waals surface area contributed by atoms with Crippen LogP contribution in [-0.4, -0.2) is 16.3 Å². The fourth-order valence-corrected chi connectivity index (χ4v) is 1.06. The van der Waals surface area contributed by atoms with E-state index in [2.05, 4.69) is 4.74 Å². The molecule has 0 amide bonds. The normalized spacial score (nSPS) is 12.3. The summed E-state index contributed by atoms with van der Waals surface area (Å²) in [4.78, 5) is 21.3. The van der Waals surface area contributed by atoms with Gasteiger partial charge < -0.3 is 14.9 Å². The number of nitrogens with one attached hydrogen (secondary N) is 1. The molecule has 0 unspecified atom stereocenters. The summed E-state index contributed by atoms with van der Waals surface area (Å²) in [5, 5.41) is 10.3. The molecule has 1 heterocycles. The highest BCUT2D eigenvalue weighted by molar-refractivity contribution is 5.42. The Balaban J connectivity index is 3.54. The van der Waals surface area contributed by atoms with Crippen molar-refractivity contribution in [3.8, 4) is 5.75 Å². The van der Waals surface area contributed by atoms with E-state index >= 15 is 0 Å². The van der Waals surface area contributed by atoms with Crippen LogP contribution in [0, 0.1) is 10.1 Å². The SMILES string of the molecule is O=c1c(C(F)(F)F)c[nH]c([N+](=O)[O-])c1OC(F)(F)F. The van der Waals surface area contributed by atoms with E-state index in [0.29, 0.717) is 0 Å². The van der Waals surface area contributed by atoms with Gasteiger partial charge in [0, 0.05) is 0 Å². The number of pyridine rings is 1. The lowest BCUT2D eigenvalue weighted by molar-refractivity contribution is -0.393. The molecule has 106 valence electrons. The highest BCUT2D eigenvalue weighted by Gasteiger charge is 2.42. The van der Waals surface area contributed by atoms with Crippen LogP contribution in [-0.2, 0) is 6.18 Å². The minimum atomic E-state index is -5.55. The number of hydrogen-bond donors (Lipinski definition) is 1. The molecule has 0 aliphatic heterocycles. The summed E-state index contributed by atoms with van der Waals surface area (Å²) < 4.78 is 75.5. The number of ether oxygens (including phenoxy) is 1. The summed E-state index contributed by atoms with van der Waals surface area (Å²) in [5.74, 6) is -3.71. The van der Waals surface area contributed by atoms with Crippen LogP contribution in [0.25, 0.3) is 0 Å². The smallest absolute Gasteiger partial charge is 0.392 e. The van der Waals surface area contributed by atoms with Crippen LogP contribution in [0.1, 0.15) is 5.56 Å². The number of rotatable bonds is 2. The Morgan fingerprint density at radius 1 is 1.21 bits per heavy atom. The van der Waals surface area contributed by atoms with Gasteiger partial charge in [0.05, 0.1) is 0 Å². The van der Waals surface area contributed by atoms with Gasteiger partial charge in [0.2, 0.25) is 5.43 Å². The molecule has 19 heavy (non-hydrogen) atoms. The van der Waals surface area contributed by atoms with Gasteiger partial charge in [0.15, 0.2) is 0 Å². The fourth-order valence-electron chi connectivity index (χ4n) is 1.06. The van der Waals surface area contributed by atoms with E-state index in [0.717, 1.165) is 0 Å². The van der Waals surface area contributed by atoms with E-state index in [1.807, 2.05) is 0 Å². The molecule has 1 aromatic heterocycles. The number of nitro groups is 1. The molecule has 6 nitrogen and oxygen atoms in total. The molecule has 0 fully saturated rings. The van der Waals surface area contributed by atoms with Crippen LogP contribution in [0.4, 0.5) is 32.2 Å². The minimum absolute atomic E-state index is 0.107. The number of H-pyrrole nitrogens is 1. The zero-order valence-corrected chi connectivity index (χ0v) is 8.43. The van der Waals surface area contributed by atoms with E-state index in [1.54, 1.807) is 0 Å². The molecule has 0 bridgehead atoms. The standard InChI is InChI=1S/C7H2F6N2O4/c8-6(9,10)2-1-14-5(15(17)18)4(3(2)16)19-7(11,12)13/h1H,(H,14,16). The Labute approximate surface area is 98.3 Å². The second kappa shape index (κ2) is 4.44. The number of nitrogens with zero attached hydrogens (tertiary/aromatic N) is 1. The number of halogens is 6. The number of aromatic amines is 1. The van der Waals surface area contributed by atoms with Gasteiger partial charge >= 0.3 is 18.4 Å². The Morgan fingerprint density at radius 3 is 2.11 bits per heavy atom. The summed E-state index contributed by atoms with van der Waals surface area (Å²) in [7, 11) is 0. The van der Waals surface area contributed by atoms with E-state index in [9.17, 15) is 41.3 Å². The second-order valence-electron chi connectivity index (χ2n) is 3.01. The van der Waals surface area contributed by atoms with Gasteiger partial charge in [-0.15, -0.1) is 13.2 Å². The van der Waals surface area contributed by atoms with Crippen LogP contribution >= 0.6 is 0 Å². The maximum Gasteiger partial charge on any atom is 0.573 e. The van der Waals surface area contributed by atoms with Crippen LogP contribution in [0.2, 0.25) is 0 Å². The average Bonchev–Trinajstić information content (AvgIpc) is 2.16. The fraction of sp³-hybridized carbons (Fsp3) is 0.286. The quantitative estimate of drug-likeness (QED) is 0.514. The number of aromatic nitrogens is 1. The lowest BCUT2D eigenvalue weighted by atomic mass is 10.2. The molecule has 12 heteroatoms. The summed E-state index contributed by atoms with van der Waals surface area (Å²) in [6.07, 6.45) is -10.9. The van der Waals surface area contributed by atoms with Gasteiger partial charge in [0.25, 0.3) is 5.75 Å². The maximum atomic E-state index is 12.3. The van der Waals surface area contributed by atoms with Gasteiger partial charge in [-0.3, -0.25) is 4.79 Å². The van der Waals surface area contributed by atoms with Crippen LogP contribution in [0.3, 0.4) is 0 Å². The summed E-state index contributed by atoms with van der Waals surface area (Å²) in [6, 6.07) is 0. The van der Waals surface area contributed by atoms with Crippen LogP contribution in [0.15, 0.2) is 11.0 Å². The molecule has 0 aliphatic carbocycles. The molecular weight excluding hydrogens is 290 g/mol. The van der Waals surface area contributed by atoms with E-state index in [-0.39, 0.29) is 6.20 Å². The number of hydrogen-bond acceptors (Lipinski definition) is 4. The average molecular weight is 292 g/mol. The van der Waals surface area contributed by atoms with Crippen molar-refractivity contribution in [2.24, 2.45) is 0 Å². The Kier molecular flexibility index (Phi) is 3.45. The third-order valence-corrected chi connectivity index (χ3v) is 1.72. The zero-order chi connectivity index (χ0) is 15.0. The molecule has 0 spiro atoms. The lowest BCUT2D eigenvalue weighted by Gasteiger charge is -2.10. The second-order valence-corrected chi connectivity index (χ2v) is 3.01. The third-order valence-electron chi connectivity index (χ3n) is 1.72. The maximum absolute atomic E-state index is 12.3. The monoisotopic (exact) mass is 292 g/mol. The minimum Gasteiger partial charge on any atom is -0.392 e. The molecule has 1 aromatic rings. The third kappa shape index (κ3) is 3.35. The largest absolute Gasteiger partial charge is 0.573 e. The van der Waals surface area contributed by atoms with Crippen LogP contribution in [0.5, 0.6) is 5.75 Å². The van der Waals surface area contributed by atoms with Crippen LogP contribution < -0.4 is 10.2 Å². The van der Waals surface area contributed by atoms with Crippen molar-refractivity contribution in [3.63, 3.8) is 0 Å². The van der Waals surface area contributed by atoms with Gasteiger partial charge in [-0.05, 0) is 4.92 Å². The van der Waals surface area contributed by atoms with Gasteiger partial charge in [-0.1, -0.05) is 0 Å². The Hall–Kier alpha value is -2.27. The summed E-state index contributed by atoms with van der Waals surface area (Å²) >= 11 is 0. The predicted octanol–water partition coefficient (Wildman–Crippen LogP) is 2.20. The van der Waals surface area contributed by atoms with Crippen molar-refractivity contribution in [1.29, 1.82) is 0 Å². The summed E-state index contributed by atoms with van der Waals surface area (Å²) in [5.41, 5.74) is -4.33. The van der Waals surface area contributed by atoms with E-state index in [1.165, 1.54) is 4.98 Å². The molecule has 0 radical (unpaired) electrons. The predicted molar refractivity (Wildman–Crippen MR) is 45.4 cm³/mol. The van der Waals surface area contributed by atoms with Crippen molar-refractivity contribution in [1.82, 2.24) is 4.98 Å². The van der Waals surface area contributed by atoms with E-state index in [4.69, 9.17) is 0 Å². The molecular formula is C7H2F6N2O4. The van der Waals surface area contributed by atoms with Crippen molar-refractivity contribution < 1.29 is 36.0 Å². The first-order chi connectivity index (χ1) is 8.43. The Bertz CT molecular complexity index is 560. The molecule has 0 saturated carbocycles. The zero-order valence-electron chi connectivity index (χ0n) is 8.43. The highest BCUT2D eigenvalue weighted by atomic mass is 19.4. The Morgan fingerprint density at radius 2 is 1.74 bits per heavy atom. The molecule has 0 aromatic carbocycles. The topological polar surface area (TPSA) is 85.2 Å². The number of alkyl halides is 6. The van der Waals surface area contributed by atoms with Crippen molar-refractivity contribution in [2.45, 2.75) is 12.5 Å². The first-order valence-corrected chi connectivity index (χ1v) is 4.16. The van der Waals surface area contributed by atoms with E-state index < -0.39 is 40.0 Å². The first-order valence-electron chi connectivity index (χ1n) is 4.16. The van der Waals surface area contributed by atoms with Crippen molar-refractivity contribution in [3.05, 3.63) is 32.1 Å². The van der Waals surface area contributed by atoms with Crippen molar-refractivity contribution in [2.75, 3.05) is 0 Å². The molecule has 1 N–H and O–H groups in total. The summed E-state index contributed by atoms with van der Waals surface area (Å²) in [6.45, 7) is 0. The van der Waals surface area contributed by atoms with Gasteiger partial charge in [-0.2, -0.15) is 13.2 Å². The van der Waals surface area contributed by atoms with Crippen molar-refractivity contribution >= 4 is 5.82 Å². The van der Waals surface area contributed by atoms with Gasteiger partial charge in [-0.25, -0.2) is 4.98 Å². The van der Waals surface area contributed by atoms with Gasteiger partial charge in [0.1, 0.15) is 11.8 Å². The molecule has 1 rings (SSSR count).